The van der Waals surface area contributed by atoms with Gasteiger partial charge >= 0.3 is 0 Å². The van der Waals surface area contributed by atoms with Crippen molar-refractivity contribution < 1.29 is 0 Å². The van der Waals surface area contributed by atoms with E-state index in [1.807, 2.05) is 24.0 Å². The molecule has 2 aromatic rings. The normalized spacial score (nSPS) is 26.6. The standard InChI is InChI=1S/C23H28N4S/c1-3-18-15-28-23-25-21(19-8-4-5-11-24-19)22(27(18)23)17-9-10-20(16(2)14-17)26-12-6-7-13-26/h4-5,8-11,14,18,21-22H,3,6-7,12-13,15H2,1-2H3/t18-,21+,22+/m1/s1. The second-order valence-electron chi connectivity index (χ2n) is 8.08. The minimum absolute atomic E-state index is 0.0788. The number of aromatic nitrogens is 1. The summed E-state index contributed by atoms with van der Waals surface area (Å²) in [6, 6.07) is 14.2. The van der Waals surface area contributed by atoms with Crippen LogP contribution >= 0.6 is 11.8 Å². The number of aliphatic imine (C=N–C) groups is 1. The molecule has 0 saturated carbocycles. The molecule has 5 heteroatoms. The Labute approximate surface area is 172 Å². The number of amidine groups is 1. The Kier molecular flexibility index (Phi) is 4.79. The first-order chi connectivity index (χ1) is 13.8. The molecule has 146 valence electrons. The number of hydrogen-bond acceptors (Lipinski definition) is 5. The summed E-state index contributed by atoms with van der Waals surface area (Å²) < 4.78 is 0. The van der Waals surface area contributed by atoms with Crippen molar-refractivity contribution >= 4 is 22.6 Å². The van der Waals surface area contributed by atoms with E-state index in [4.69, 9.17) is 4.99 Å². The zero-order valence-corrected chi connectivity index (χ0v) is 17.5. The fourth-order valence-electron chi connectivity index (χ4n) is 4.89. The van der Waals surface area contributed by atoms with Crippen molar-refractivity contribution in [2.75, 3.05) is 23.7 Å². The van der Waals surface area contributed by atoms with Crippen LogP contribution in [0.3, 0.4) is 0 Å². The summed E-state index contributed by atoms with van der Waals surface area (Å²) in [5.41, 5.74) is 5.23. The van der Waals surface area contributed by atoms with E-state index in [9.17, 15) is 0 Å². The van der Waals surface area contributed by atoms with Crippen LogP contribution in [0, 0.1) is 6.92 Å². The van der Waals surface area contributed by atoms with Gasteiger partial charge in [0.25, 0.3) is 0 Å². The summed E-state index contributed by atoms with van der Waals surface area (Å²) in [6.07, 6.45) is 5.67. The maximum absolute atomic E-state index is 5.14. The third-order valence-corrected chi connectivity index (χ3v) is 7.46. The minimum atomic E-state index is 0.0788. The van der Waals surface area contributed by atoms with Gasteiger partial charge in [-0.25, -0.2) is 0 Å². The molecule has 1 aromatic carbocycles. The summed E-state index contributed by atoms with van der Waals surface area (Å²) >= 11 is 1.91. The van der Waals surface area contributed by atoms with Crippen LogP contribution in [0.4, 0.5) is 5.69 Å². The van der Waals surface area contributed by atoms with Crippen molar-refractivity contribution in [3.8, 4) is 0 Å². The quantitative estimate of drug-likeness (QED) is 0.735. The highest BCUT2D eigenvalue weighted by atomic mass is 32.2. The van der Waals surface area contributed by atoms with E-state index in [1.165, 1.54) is 47.9 Å². The van der Waals surface area contributed by atoms with Crippen molar-refractivity contribution in [3.63, 3.8) is 0 Å². The van der Waals surface area contributed by atoms with Gasteiger partial charge in [0.15, 0.2) is 5.17 Å². The molecule has 3 aliphatic heterocycles. The number of fused-ring (bicyclic) bond motifs is 1. The van der Waals surface area contributed by atoms with Crippen LogP contribution < -0.4 is 4.90 Å². The zero-order valence-electron chi connectivity index (χ0n) is 16.7. The summed E-state index contributed by atoms with van der Waals surface area (Å²) in [5, 5.41) is 1.20. The lowest BCUT2D eigenvalue weighted by atomic mass is 9.93. The van der Waals surface area contributed by atoms with Gasteiger partial charge in [-0.3, -0.25) is 9.98 Å². The molecule has 0 aliphatic carbocycles. The molecule has 0 spiro atoms. The van der Waals surface area contributed by atoms with Gasteiger partial charge in [0.1, 0.15) is 6.04 Å². The number of benzene rings is 1. The van der Waals surface area contributed by atoms with E-state index in [2.05, 4.69) is 59.0 Å². The van der Waals surface area contributed by atoms with Crippen LogP contribution in [-0.4, -0.2) is 39.9 Å². The summed E-state index contributed by atoms with van der Waals surface area (Å²) in [7, 11) is 0. The zero-order chi connectivity index (χ0) is 19.1. The van der Waals surface area contributed by atoms with Gasteiger partial charge in [0.2, 0.25) is 0 Å². The third-order valence-electron chi connectivity index (χ3n) is 6.34. The molecule has 3 atom stereocenters. The molecule has 3 aliphatic rings. The predicted molar refractivity (Wildman–Crippen MR) is 118 cm³/mol. The van der Waals surface area contributed by atoms with E-state index in [0.29, 0.717) is 6.04 Å². The highest BCUT2D eigenvalue weighted by Gasteiger charge is 2.45. The number of hydrogen-bond donors (Lipinski definition) is 0. The molecule has 28 heavy (non-hydrogen) atoms. The molecular formula is C23H28N4S. The maximum atomic E-state index is 5.14. The Morgan fingerprint density at radius 1 is 1.14 bits per heavy atom. The molecule has 0 bridgehead atoms. The Morgan fingerprint density at radius 2 is 2.00 bits per heavy atom. The molecule has 5 rings (SSSR count). The van der Waals surface area contributed by atoms with Crippen molar-refractivity contribution in [1.29, 1.82) is 0 Å². The molecule has 0 unspecified atom stereocenters. The Hall–Kier alpha value is -2.01. The average molecular weight is 393 g/mol. The second kappa shape index (κ2) is 7.43. The monoisotopic (exact) mass is 392 g/mol. The van der Waals surface area contributed by atoms with E-state index < -0.39 is 0 Å². The Bertz CT molecular complexity index is 875. The van der Waals surface area contributed by atoms with Crippen LogP contribution in [-0.2, 0) is 0 Å². The smallest absolute Gasteiger partial charge is 0.160 e. The third kappa shape index (κ3) is 3.00. The molecule has 0 amide bonds. The lowest BCUT2D eigenvalue weighted by Gasteiger charge is -2.32. The van der Waals surface area contributed by atoms with Crippen LogP contribution in [0.25, 0.3) is 0 Å². The van der Waals surface area contributed by atoms with Crippen LogP contribution in [0.15, 0.2) is 47.6 Å². The Morgan fingerprint density at radius 3 is 2.71 bits per heavy atom. The van der Waals surface area contributed by atoms with Crippen molar-refractivity contribution in [3.05, 3.63) is 59.4 Å². The Balaban J connectivity index is 1.54. The van der Waals surface area contributed by atoms with E-state index in [0.717, 1.165) is 17.9 Å². The van der Waals surface area contributed by atoms with Crippen molar-refractivity contribution in [2.24, 2.45) is 4.99 Å². The SMILES string of the molecule is CC[C@@H]1CSC2=N[C@@H](c3ccccn3)[C@H](c3ccc(N4CCCC4)c(C)c3)N21. The topological polar surface area (TPSA) is 31.7 Å². The summed E-state index contributed by atoms with van der Waals surface area (Å²) in [6.45, 7) is 6.93. The molecule has 0 N–H and O–H groups in total. The highest BCUT2D eigenvalue weighted by molar-refractivity contribution is 8.14. The van der Waals surface area contributed by atoms with E-state index >= 15 is 0 Å². The van der Waals surface area contributed by atoms with Gasteiger partial charge < -0.3 is 9.80 Å². The molecule has 4 nitrogen and oxygen atoms in total. The fraction of sp³-hybridized carbons (Fsp3) is 0.478. The largest absolute Gasteiger partial charge is 0.371 e. The molecule has 2 saturated heterocycles. The summed E-state index contributed by atoms with van der Waals surface area (Å²) in [4.78, 5) is 14.9. The first-order valence-electron chi connectivity index (χ1n) is 10.5. The van der Waals surface area contributed by atoms with Gasteiger partial charge in [0, 0.05) is 36.8 Å². The number of rotatable bonds is 4. The van der Waals surface area contributed by atoms with Crippen LogP contribution in [0.2, 0.25) is 0 Å². The number of anilines is 1. The second-order valence-corrected chi connectivity index (χ2v) is 9.06. The van der Waals surface area contributed by atoms with Crippen molar-refractivity contribution in [2.45, 2.75) is 51.2 Å². The van der Waals surface area contributed by atoms with Crippen LogP contribution in [0.5, 0.6) is 0 Å². The van der Waals surface area contributed by atoms with Gasteiger partial charge in [-0.1, -0.05) is 36.9 Å². The number of thioether (sulfide) groups is 1. The van der Waals surface area contributed by atoms with Crippen LogP contribution in [0.1, 0.15) is 55.1 Å². The highest BCUT2D eigenvalue weighted by Crippen LogP contribution is 2.49. The van der Waals surface area contributed by atoms with E-state index in [1.54, 1.807) is 0 Å². The van der Waals surface area contributed by atoms with Gasteiger partial charge in [-0.05, 0) is 55.5 Å². The number of nitrogens with zero attached hydrogens (tertiary/aromatic N) is 4. The lowest BCUT2D eigenvalue weighted by molar-refractivity contribution is 0.255. The lowest BCUT2D eigenvalue weighted by Crippen LogP contribution is -2.35. The molecule has 2 fully saturated rings. The van der Waals surface area contributed by atoms with Crippen molar-refractivity contribution in [1.82, 2.24) is 9.88 Å². The fourth-order valence-corrected chi connectivity index (χ4v) is 6.22. The summed E-state index contributed by atoms with van der Waals surface area (Å²) in [5.74, 6) is 1.14. The van der Waals surface area contributed by atoms with Gasteiger partial charge in [-0.2, -0.15) is 0 Å². The van der Waals surface area contributed by atoms with Gasteiger partial charge in [-0.15, -0.1) is 0 Å². The molecular weight excluding hydrogens is 364 g/mol. The number of aryl methyl sites for hydroxylation is 1. The van der Waals surface area contributed by atoms with Gasteiger partial charge in [0.05, 0.1) is 11.7 Å². The average Bonchev–Trinajstić information content (AvgIpc) is 3.45. The predicted octanol–water partition coefficient (Wildman–Crippen LogP) is 4.97. The molecule has 4 heterocycles. The minimum Gasteiger partial charge on any atom is -0.371 e. The first kappa shape index (κ1) is 18.0. The molecule has 0 radical (unpaired) electrons. The number of pyridine rings is 1. The maximum Gasteiger partial charge on any atom is 0.160 e. The molecule has 1 aromatic heterocycles. The van der Waals surface area contributed by atoms with E-state index in [-0.39, 0.29) is 12.1 Å². The first-order valence-corrected chi connectivity index (χ1v) is 11.5.